The molecule has 0 amide bonds. The lowest BCUT2D eigenvalue weighted by Crippen LogP contribution is -2.08. The van der Waals surface area contributed by atoms with E-state index in [0.717, 1.165) is 24.5 Å². The smallest absolute Gasteiger partial charge is 0.0666 e. The summed E-state index contributed by atoms with van der Waals surface area (Å²) in [7, 11) is 0. The normalized spacial score (nSPS) is 23.4. The van der Waals surface area contributed by atoms with Gasteiger partial charge in [-0.25, -0.2) is 0 Å². The summed E-state index contributed by atoms with van der Waals surface area (Å²) in [6, 6.07) is 0. The molecular formula is C9H14OS. The molecule has 0 bridgehead atoms. The van der Waals surface area contributed by atoms with Gasteiger partial charge in [0.1, 0.15) is 0 Å². The van der Waals surface area contributed by atoms with E-state index in [-0.39, 0.29) is 0 Å². The summed E-state index contributed by atoms with van der Waals surface area (Å²) in [5, 5.41) is 0. The molecule has 1 heterocycles. The van der Waals surface area contributed by atoms with E-state index in [1.165, 1.54) is 12.8 Å². The molecule has 0 aromatic rings. The van der Waals surface area contributed by atoms with Crippen LogP contribution in [0.3, 0.4) is 0 Å². The zero-order valence-corrected chi connectivity index (χ0v) is 7.53. The third-order valence-corrected chi connectivity index (χ3v) is 2.82. The number of ether oxygens (including phenoxy) is 1. The molecule has 0 spiro atoms. The molecule has 0 N–H and O–H groups in total. The van der Waals surface area contributed by atoms with Crippen molar-refractivity contribution in [1.29, 1.82) is 0 Å². The highest BCUT2D eigenvalue weighted by molar-refractivity contribution is 7.99. The van der Waals surface area contributed by atoms with Crippen LogP contribution in [0.4, 0.5) is 0 Å². The highest BCUT2D eigenvalue weighted by Gasteiger charge is 2.14. The van der Waals surface area contributed by atoms with Crippen molar-refractivity contribution in [2.75, 3.05) is 18.1 Å². The van der Waals surface area contributed by atoms with Gasteiger partial charge in [0, 0.05) is 24.5 Å². The Morgan fingerprint density at radius 3 is 3.18 bits per heavy atom. The SMILES string of the molecule is C#CCCSCC1CCCO1. The summed E-state index contributed by atoms with van der Waals surface area (Å²) in [6.07, 6.45) is 9.00. The maximum Gasteiger partial charge on any atom is 0.0666 e. The van der Waals surface area contributed by atoms with E-state index in [4.69, 9.17) is 11.2 Å². The van der Waals surface area contributed by atoms with Gasteiger partial charge in [-0.2, -0.15) is 11.8 Å². The fourth-order valence-electron chi connectivity index (χ4n) is 1.12. The minimum absolute atomic E-state index is 0.512. The Hall–Kier alpha value is -0.130. The number of thioether (sulfide) groups is 1. The van der Waals surface area contributed by atoms with Crippen LogP contribution in [-0.4, -0.2) is 24.2 Å². The highest BCUT2D eigenvalue weighted by Crippen LogP contribution is 2.17. The molecule has 1 aliphatic heterocycles. The summed E-state index contributed by atoms with van der Waals surface area (Å²) in [5.41, 5.74) is 0. The van der Waals surface area contributed by atoms with Gasteiger partial charge in [-0.05, 0) is 12.8 Å². The molecule has 1 unspecified atom stereocenters. The zero-order chi connectivity index (χ0) is 7.94. The average molecular weight is 170 g/mol. The van der Waals surface area contributed by atoms with Crippen molar-refractivity contribution in [3.8, 4) is 12.3 Å². The molecule has 0 radical (unpaired) electrons. The molecule has 11 heavy (non-hydrogen) atoms. The lowest BCUT2D eigenvalue weighted by molar-refractivity contribution is 0.129. The van der Waals surface area contributed by atoms with Gasteiger partial charge in [0.15, 0.2) is 0 Å². The van der Waals surface area contributed by atoms with Crippen LogP contribution in [0.2, 0.25) is 0 Å². The predicted molar refractivity (Wildman–Crippen MR) is 49.7 cm³/mol. The van der Waals surface area contributed by atoms with Gasteiger partial charge in [0.2, 0.25) is 0 Å². The summed E-state index contributed by atoms with van der Waals surface area (Å²) >= 11 is 1.91. The summed E-state index contributed by atoms with van der Waals surface area (Å²) < 4.78 is 5.46. The first-order valence-corrected chi connectivity index (χ1v) is 5.22. The van der Waals surface area contributed by atoms with E-state index in [1.807, 2.05) is 11.8 Å². The molecule has 0 saturated carbocycles. The Kier molecular flexibility index (Phi) is 4.49. The topological polar surface area (TPSA) is 9.23 Å². The van der Waals surface area contributed by atoms with Gasteiger partial charge in [0.25, 0.3) is 0 Å². The molecule has 1 aliphatic rings. The Morgan fingerprint density at radius 1 is 1.64 bits per heavy atom. The molecule has 1 atom stereocenters. The minimum Gasteiger partial charge on any atom is -0.377 e. The summed E-state index contributed by atoms with van der Waals surface area (Å²) in [6.45, 7) is 0.959. The highest BCUT2D eigenvalue weighted by atomic mass is 32.2. The Bertz CT molecular complexity index is 133. The van der Waals surface area contributed by atoms with E-state index in [2.05, 4.69) is 5.92 Å². The lowest BCUT2D eigenvalue weighted by Gasteiger charge is -2.06. The number of rotatable bonds is 4. The van der Waals surface area contributed by atoms with Crippen LogP contribution in [0.25, 0.3) is 0 Å². The molecule has 1 fully saturated rings. The van der Waals surface area contributed by atoms with Crippen molar-refractivity contribution in [2.45, 2.75) is 25.4 Å². The molecule has 0 aliphatic carbocycles. The van der Waals surface area contributed by atoms with Crippen molar-refractivity contribution in [2.24, 2.45) is 0 Å². The van der Waals surface area contributed by atoms with Crippen molar-refractivity contribution in [1.82, 2.24) is 0 Å². The van der Waals surface area contributed by atoms with Crippen LogP contribution >= 0.6 is 11.8 Å². The third-order valence-electron chi connectivity index (χ3n) is 1.72. The molecule has 1 saturated heterocycles. The van der Waals surface area contributed by atoms with Crippen LogP contribution in [0.1, 0.15) is 19.3 Å². The van der Waals surface area contributed by atoms with Crippen molar-refractivity contribution >= 4 is 11.8 Å². The fraction of sp³-hybridized carbons (Fsp3) is 0.778. The van der Waals surface area contributed by atoms with Gasteiger partial charge in [-0.15, -0.1) is 12.3 Å². The molecule has 1 nitrogen and oxygen atoms in total. The van der Waals surface area contributed by atoms with Crippen LogP contribution in [0, 0.1) is 12.3 Å². The second kappa shape index (κ2) is 5.51. The van der Waals surface area contributed by atoms with Crippen molar-refractivity contribution in [3.05, 3.63) is 0 Å². The minimum atomic E-state index is 0.512. The first kappa shape index (κ1) is 8.96. The Labute approximate surface area is 72.9 Å². The van der Waals surface area contributed by atoms with E-state index in [9.17, 15) is 0 Å². The van der Waals surface area contributed by atoms with Gasteiger partial charge < -0.3 is 4.74 Å². The standard InChI is InChI=1S/C9H14OS/c1-2-3-7-11-8-9-5-4-6-10-9/h1,9H,3-8H2. The largest absolute Gasteiger partial charge is 0.377 e. The van der Waals surface area contributed by atoms with Crippen LogP contribution < -0.4 is 0 Å². The maximum absolute atomic E-state index is 5.46. The van der Waals surface area contributed by atoms with Gasteiger partial charge >= 0.3 is 0 Å². The monoisotopic (exact) mass is 170 g/mol. The van der Waals surface area contributed by atoms with E-state index < -0.39 is 0 Å². The maximum atomic E-state index is 5.46. The van der Waals surface area contributed by atoms with E-state index in [1.54, 1.807) is 0 Å². The van der Waals surface area contributed by atoms with E-state index >= 15 is 0 Å². The van der Waals surface area contributed by atoms with Gasteiger partial charge in [-0.1, -0.05) is 0 Å². The molecular weight excluding hydrogens is 156 g/mol. The van der Waals surface area contributed by atoms with Crippen LogP contribution in [0.5, 0.6) is 0 Å². The Morgan fingerprint density at radius 2 is 2.55 bits per heavy atom. The molecule has 1 rings (SSSR count). The van der Waals surface area contributed by atoms with Crippen LogP contribution in [0.15, 0.2) is 0 Å². The summed E-state index contributed by atoms with van der Waals surface area (Å²) in [4.78, 5) is 0. The fourth-order valence-corrected chi connectivity index (χ4v) is 2.08. The predicted octanol–water partition coefficient (Wildman–Crippen LogP) is 1.92. The third kappa shape index (κ3) is 3.69. The van der Waals surface area contributed by atoms with Crippen molar-refractivity contribution in [3.63, 3.8) is 0 Å². The average Bonchev–Trinajstić information content (AvgIpc) is 2.50. The molecule has 0 aromatic heterocycles. The lowest BCUT2D eigenvalue weighted by atomic mass is 10.3. The number of hydrogen-bond acceptors (Lipinski definition) is 2. The quantitative estimate of drug-likeness (QED) is 0.471. The molecule has 2 heteroatoms. The second-order valence-electron chi connectivity index (χ2n) is 2.66. The van der Waals surface area contributed by atoms with Crippen molar-refractivity contribution < 1.29 is 4.74 Å². The van der Waals surface area contributed by atoms with E-state index in [0.29, 0.717) is 6.10 Å². The number of hydrogen-bond donors (Lipinski definition) is 0. The summed E-state index contributed by atoms with van der Waals surface area (Å²) in [5.74, 6) is 4.84. The van der Waals surface area contributed by atoms with Gasteiger partial charge in [-0.3, -0.25) is 0 Å². The Balaban J connectivity index is 1.90. The van der Waals surface area contributed by atoms with Gasteiger partial charge in [0.05, 0.1) is 6.10 Å². The first-order valence-electron chi connectivity index (χ1n) is 4.06. The second-order valence-corrected chi connectivity index (χ2v) is 3.81. The molecule has 0 aromatic carbocycles. The zero-order valence-electron chi connectivity index (χ0n) is 6.71. The molecule has 62 valence electrons. The first-order chi connectivity index (χ1) is 5.43. The van der Waals surface area contributed by atoms with Crippen LogP contribution in [-0.2, 0) is 4.74 Å². The number of terminal acetylenes is 1.